The highest BCUT2D eigenvalue weighted by Gasteiger charge is 2.29. The minimum Gasteiger partial charge on any atom is -0.392 e. The van der Waals surface area contributed by atoms with Crippen molar-refractivity contribution in [2.45, 2.75) is 31.9 Å². The SMILES string of the molecule is OCc1cccc(-c2nc(N3CCOCC3)c3onc(C4CCN(Cc5ccccc5)CC4)c3n2)c1. The van der Waals surface area contributed by atoms with Gasteiger partial charge in [-0.05, 0) is 43.1 Å². The first-order valence-electron chi connectivity index (χ1n) is 12.7. The smallest absolute Gasteiger partial charge is 0.227 e. The average molecular weight is 486 g/mol. The first-order valence-corrected chi connectivity index (χ1v) is 12.7. The van der Waals surface area contributed by atoms with Crippen molar-refractivity contribution in [1.29, 1.82) is 0 Å². The summed E-state index contributed by atoms with van der Waals surface area (Å²) in [6, 6.07) is 18.4. The van der Waals surface area contributed by atoms with Gasteiger partial charge in [0.2, 0.25) is 5.58 Å². The zero-order valence-corrected chi connectivity index (χ0v) is 20.3. The molecule has 4 heterocycles. The van der Waals surface area contributed by atoms with E-state index in [-0.39, 0.29) is 6.61 Å². The Morgan fingerprint density at radius 2 is 1.67 bits per heavy atom. The molecule has 2 aromatic carbocycles. The molecule has 0 saturated carbocycles. The van der Waals surface area contributed by atoms with Gasteiger partial charge < -0.3 is 19.3 Å². The Hall–Kier alpha value is -3.33. The van der Waals surface area contributed by atoms with Crippen molar-refractivity contribution in [3.63, 3.8) is 0 Å². The number of aromatic nitrogens is 3. The van der Waals surface area contributed by atoms with Crippen molar-refractivity contribution >= 4 is 16.9 Å². The molecule has 2 saturated heterocycles. The molecule has 8 heteroatoms. The second-order valence-electron chi connectivity index (χ2n) is 9.61. The highest BCUT2D eigenvalue weighted by molar-refractivity contribution is 5.88. The van der Waals surface area contributed by atoms with Gasteiger partial charge in [0.25, 0.3) is 0 Å². The first-order chi connectivity index (χ1) is 17.8. The molecular weight excluding hydrogens is 454 g/mol. The summed E-state index contributed by atoms with van der Waals surface area (Å²) in [6.45, 7) is 5.78. The van der Waals surface area contributed by atoms with Crippen LogP contribution in [0.5, 0.6) is 0 Å². The Balaban J connectivity index is 1.32. The van der Waals surface area contributed by atoms with Crippen molar-refractivity contribution in [3.8, 4) is 11.4 Å². The van der Waals surface area contributed by atoms with Gasteiger partial charge in [-0.25, -0.2) is 9.97 Å². The van der Waals surface area contributed by atoms with E-state index >= 15 is 0 Å². The van der Waals surface area contributed by atoms with Crippen LogP contribution in [0.2, 0.25) is 0 Å². The molecule has 2 fully saturated rings. The van der Waals surface area contributed by atoms with Gasteiger partial charge in [0.15, 0.2) is 11.6 Å². The Kier molecular flexibility index (Phi) is 6.63. The monoisotopic (exact) mass is 485 g/mol. The number of fused-ring (bicyclic) bond motifs is 1. The number of morpholine rings is 1. The third kappa shape index (κ3) is 4.72. The van der Waals surface area contributed by atoms with E-state index < -0.39 is 0 Å². The standard InChI is InChI=1S/C28H31N5O3/c34-19-21-7-4-8-23(17-21)27-29-25-24(31-36-26(25)28(30-27)33-13-15-35-16-14-33)22-9-11-32(12-10-22)18-20-5-2-1-3-6-20/h1-8,17,22,34H,9-16,18-19H2. The van der Waals surface area contributed by atoms with E-state index in [9.17, 15) is 5.11 Å². The number of aliphatic hydroxyl groups excluding tert-OH is 1. The van der Waals surface area contributed by atoms with Crippen LogP contribution in [-0.2, 0) is 17.9 Å². The molecule has 0 atom stereocenters. The third-order valence-corrected chi connectivity index (χ3v) is 7.23. The lowest BCUT2D eigenvalue weighted by atomic mass is 9.92. The van der Waals surface area contributed by atoms with Crippen molar-refractivity contribution in [1.82, 2.24) is 20.0 Å². The molecule has 1 N–H and O–H groups in total. The number of hydrogen-bond acceptors (Lipinski definition) is 8. The lowest BCUT2D eigenvalue weighted by molar-refractivity contribution is 0.122. The van der Waals surface area contributed by atoms with E-state index in [2.05, 4.69) is 45.3 Å². The first kappa shape index (κ1) is 23.1. The van der Waals surface area contributed by atoms with Crippen molar-refractivity contribution in [2.75, 3.05) is 44.3 Å². The van der Waals surface area contributed by atoms with Gasteiger partial charge in [0.05, 0.1) is 19.8 Å². The molecule has 0 amide bonds. The van der Waals surface area contributed by atoms with Gasteiger partial charge in [0.1, 0.15) is 11.2 Å². The molecule has 0 bridgehead atoms. The number of hydrogen-bond donors (Lipinski definition) is 1. The number of ether oxygens (including phenoxy) is 1. The minimum absolute atomic E-state index is 0.0214. The number of anilines is 1. The van der Waals surface area contributed by atoms with Crippen LogP contribution in [0.15, 0.2) is 59.1 Å². The van der Waals surface area contributed by atoms with Gasteiger partial charge in [-0.15, -0.1) is 0 Å². The lowest BCUT2D eigenvalue weighted by Gasteiger charge is -2.31. The Labute approximate surface area is 210 Å². The van der Waals surface area contributed by atoms with Gasteiger partial charge in [0, 0.05) is 31.1 Å². The summed E-state index contributed by atoms with van der Waals surface area (Å²) < 4.78 is 11.5. The number of piperidine rings is 1. The fourth-order valence-corrected chi connectivity index (χ4v) is 5.24. The zero-order chi connectivity index (χ0) is 24.3. The van der Waals surface area contributed by atoms with Gasteiger partial charge in [-0.2, -0.15) is 0 Å². The molecular formula is C28H31N5O3. The maximum atomic E-state index is 9.64. The highest BCUT2D eigenvalue weighted by Crippen LogP contribution is 2.36. The van der Waals surface area contributed by atoms with Crippen LogP contribution >= 0.6 is 0 Å². The van der Waals surface area contributed by atoms with Crippen LogP contribution in [0, 0.1) is 0 Å². The van der Waals surface area contributed by atoms with Crippen molar-refractivity contribution in [3.05, 3.63) is 71.4 Å². The lowest BCUT2D eigenvalue weighted by Crippen LogP contribution is -2.37. The molecule has 0 aliphatic carbocycles. The van der Waals surface area contributed by atoms with Crippen LogP contribution in [0.3, 0.4) is 0 Å². The van der Waals surface area contributed by atoms with Gasteiger partial charge in [-0.3, -0.25) is 4.90 Å². The molecule has 6 rings (SSSR count). The molecule has 2 aliphatic rings. The summed E-state index contributed by atoms with van der Waals surface area (Å²) in [4.78, 5) is 14.6. The van der Waals surface area contributed by atoms with Crippen LogP contribution in [0.4, 0.5) is 5.82 Å². The Bertz CT molecular complexity index is 1310. The van der Waals surface area contributed by atoms with Crippen LogP contribution in [0.25, 0.3) is 22.5 Å². The summed E-state index contributed by atoms with van der Waals surface area (Å²) in [7, 11) is 0. The summed E-state index contributed by atoms with van der Waals surface area (Å²) in [6.07, 6.45) is 2.03. The summed E-state index contributed by atoms with van der Waals surface area (Å²) >= 11 is 0. The summed E-state index contributed by atoms with van der Waals surface area (Å²) in [5.74, 6) is 1.69. The van der Waals surface area contributed by atoms with Crippen LogP contribution in [0.1, 0.15) is 35.6 Å². The highest BCUT2D eigenvalue weighted by atomic mass is 16.5. The molecule has 186 valence electrons. The number of rotatable bonds is 6. The van der Waals surface area contributed by atoms with Crippen molar-refractivity contribution in [2.24, 2.45) is 0 Å². The quantitative estimate of drug-likeness (QED) is 0.439. The average Bonchev–Trinajstić information content (AvgIpc) is 3.38. The predicted octanol–water partition coefficient (Wildman–Crippen LogP) is 3.99. The topological polar surface area (TPSA) is 87.8 Å². The largest absolute Gasteiger partial charge is 0.392 e. The van der Waals surface area contributed by atoms with Crippen LogP contribution in [-0.4, -0.2) is 64.5 Å². The number of aliphatic hydroxyl groups is 1. The molecule has 2 aliphatic heterocycles. The van der Waals surface area contributed by atoms with E-state index in [4.69, 9.17) is 19.2 Å². The number of likely N-dealkylation sites (tertiary alicyclic amines) is 1. The minimum atomic E-state index is -0.0214. The van der Waals surface area contributed by atoms with Crippen molar-refractivity contribution < 1.29 is 14.4 Å². The summed E-state index contributed by atoms with van der Waals surface area (Å²) in [5.41, 5.74) is 5.45. The fraction of sp³-hybridized carbons (Fsp3) is 0.393. The second kappa shape index (κ2) is 10.3. The molecule has 0 unspecified atom stereocenters. The maximum absolute atomic E-state index is 9.64. The third-order valence-electron chi connectivity index (χ3n) is 7.23. The van der Waals surface area contributed by atoms with Gasteiger partial charge >= 0.3 is 0 Å². The second-order valence-corrected chi connectivity index (χ2v) is 9.61. The molecule has 2 aromatic heterocycles. The molecule has 0 spiro atoms. The molecule has 4 aromatic rings. The predicted molar refractivity (Wildman–Crippen MR) is 138 cm³/mol. The van der Waals surface area contributed by atoms with E-state index in [1.807, 2.05) is 24.3 Å². The fourth-order valence-electron chi connectivity index (χ4n) is 5.24. The maximum Gasteiger partial charge on any atom is 0.227 e. The Morgan fingerprint density at radius 1 is 0.889 bits per heavy atom. The molecule has 8 nitrogen and oxygen atoms in total. The number of nitrogens with zero attached hydrogens (tertiary/aromatic N) is 5. The summed E-state index contributed by atoms with van der Waals surface area (Å²) in [5, 5.41) is 14.2. The normalized spacial score (nSPS) is 17.6. The van der Waals surface area contributed by atoms with Gasteiger partial charge in [-0.1, -0.05) is 53.7 Å². The van der Waals surface area contributed by atoms with E-state index in [0.29, 0.717) is 30.5 Å². The molecule has 36 heavy (non-hydrogen) atoms. The van der Waals surface area contributed by atoms with E-state index in [1.54, 1.807) is 0 Å². The zero-order valence-electron chi connectivity index (χ0n) is 20.3. The Morgan fingerprint density at radius 3 is 2.44 bits per heavy atom. The van der Waals surface area contributed by atoms with Crippen LogP contribution < -0.4 is 4.90 Å². The molecule has 0 radical (unpaired) electrons. The number of benzene rings is 2. The van der Waals surface area contributed by atoms with E-state index in [1.165, 1.54) is 5.56 Å². The van der Waals surface area contributed by atoms with E-state index in [0.717, 1.165) is 73.7 Å².